The van der Waals surface area contributed by atoms with Crippen LogP contribution in [0.25, 0.3) is 0 Å². The summed E-state index contributed by atoms with van der Waals surface area (Å²) in [4.78, 5) is 16.1. The van der Waals surface area contributed by atoms with Crippen LogP contribution in [-0.4, -0.2) is 12.5 Å². The highest BCUT2D eigenvalue weighted by Gasteiger charge is 2.13. The largest absolute Gasteiger partial charge is 1.00 e. The van der Waals surface area contributed by atoms with Crippen LogP contribution < -0.4 is 22.0 Å². The van der Waals surface area contributed by atoms with E-state index in [0.717, 1.165) is 18.2 Å². The molecule has 0 bridgehead atoms. The Labute approximate surface area is 113 Å². The Morgan fingerprint density at radius 1 is 1.35 bits per heavy atom. The summed E-state index contributed by atoms with van der Waals surface area (Å²) in [5.74, 6) is -0.234. The van der Waals surface area contributed by atoms with E-state index in [4.69, 9.17) is 4.84 Å². The number of quaternary nitrogens is 1. The van der Waals surface area contributed by atoms with Crippen molar-refractivity contribution < 1.29 is 31.7 Å². The Balaban J connectivity index is 0.00000256. The lowest BCUT2D eigenvalue weighted by Crippen LogP contribution is -3.09. The predicted octanol–water partition coefficient (Wildman–Crippen LogP) is -1.81. The molecule has 0 aromatic heterocycles. The molecule has 0 saturated heterocycles. The summed E-state index contributed by atoms with van der Waals surface area (Å²) < 4.78 is 0. The van der Waals surface area contributed by atoms with Crippen molar-refractivity contribution in [1.29, 1.82) is 0 Å². The van der Waals surface area contributed by atoms with Gasteiger partial charge in [0.1, 0.15) is 13.1 Å². The molecule has 1 rings (SSSR count). The number of nitrogens with one attached hydrogen (secondary N) is 1. The maximum absolute atomic E-state index is 10.9. The lowest BCUT2D eigenvalue weighted by molar-refractivity contribution is -1.08. The third-order valence-electron chi connectivity index (χ3n) is 2.79. The highest BCUT2D eigenvalue weighted by atomic mass is 79.9. The van der Waals surface area contributed by atoms with Gasteiger partial charge in [-0.15, -0.1) is 5.06 Å². The Bertz CT molecular complexity index is 380. The third kappa shape index (κ3) is 4.88. The van der Waals surface area contributed by atoms with Crippen LogP contribution in [0, 0.1) is 13.8 Å². The fraction of sp³-hybridized carbons (Fsp3) is 0.462. The SMILES string of the molecule is CC[NH+](Cc1cccc(C)c1C)OC(C)=O.[Br-]. The average Bonchev–Trinajstić information content (AvgIpc) is 2.23. The van der Waals surface area contributed by atoms with Crippen molar-refractivity contribution in [3.8, 4) is 0 Å². The van der Waals surface area contributed by atoms with Gasteiger partial charge >= 0.3 is 5.97 Å². The lowest BCUT2D eigenvalue weighted by atomic mass is 10.0. The molecule has 96 valence electrons. The molecule has 0 saturated carbocycles. The molecule has 0 radical (unpaired) electrons. The molecule has 1 unspecified atom stereocenters. The predicted molar refractivity (Wildman–Crippen MR) is 62.9 cm³/mol. The normalized spacial score (nSPS) is 11.5. The average molecular weight is 302 g/mol. The first-order chi connectivity index (χ1) is 7.54. The van der Waals surface area contributed by atoms with Crippen LogP contribution in [0.3, 0.4) is 0 Å². The zero-order valence-electron chi connectivity index (χ0n) is 10.8. The van der Waals surface area contributed by atoms with Crippen molar-refractivity contribution in [3.05, 3.63) is 34.9 Å². The number of aryl methyl sites for hydroxylation is 1. The van der Waals surface area contributed by atoms with Crippen molar-refractivity contribution >= 4 is 5.97 Å². The summed E-state index contributed by atoms with van der Waals surface area (Å²) in [6.45, 7) is 9.14. The Morgan fingerprint density at radius 2 is 2.00 bits per heavy atom. The van der Waals surface area contributed by atoms with Crippen molar-refractivity contribution in [2.24, 2.45) is 0 Å². The molecule has 0 heterocycles. The zero-order valence-corrected chi connectivity index (χ0v) is 12.4. The zero-order chi connectivity index (χ0) is 12.1. The van der Waals surface area contributed by atoms with Crippen LogP contribution in [0.5, 0.6) is 0 Å². The Morgan fingerprint density at radius 3 is 2.53 bits per heavy atom. The van der Waals surface area contributed by atoms with Crippen LogP contribution in [0.4, 0.5) is 0 Å². The third-order valence-corrected chi connectivity index (χ3v) is 2.79. The molecule has 3 nitrogen and oxygen atoms in total. The first kappa shape index (κ1) is 16.1. The molecule has 0 fully saturated rings. The van der Waals surface area contributed by atoms with Gasteiger partial charge in [0.2, 0.25) is 0 Å². The number of hydrogen-bond acceptors (Lipinski definition) is 2. The van der Waals surface area contributed by atoms with Crippen molar-refractivity contribution in [2.45, 2.75) is 34.2 Å². The maximum atomic E-state index is 10.9. The van der Waals surface area contributed by atoms with Crippen molar-refractivity contribution in [3.63, 3.8) is 0 Å². The molecule has 0 aliphatic heterocycles. The summed E-state index contributed by atoms with van der Waals surface area (Å²) in [5.41, 5.74) is 3.79. The molecule has 0 amide bonds. The van der Waals surface area contributed by atoms with E-state index in [1.165, 1.54) is 23.6 Å². The summed E-state index contributed by atoms with van der Waals surface area (Å²) in [6.07, 6.45) is 0. The molecule has 1 N–H and O–H groups in total. The molecular weight excluding hydrogens is 282 g/mol. The van der Waals surface area contributed by atoms with E-state index in [9.17, 15) is 4.79 Å². The topological polar surface area (TPSA) is 30.7 Å². The summed E-state index contributed by atoms with van der Waals surface area (Å²) in [6, 6.07) is 6.22. The van der Waals surface area contributed by atoms with E-state index < -0.39 is 0 Å². The molecule has 0 aliphatic rings. The molecule has 0 aliphatic carbocycles. The second-order valence-corrected chi connectivity index (χ2v) is 4.02. The van der Waals surface area contributed by atoms with E-state index >= 15 is 0 Å². The second kappa shape index (κ2) is 7.45. The van der Waals surface area contributed by atoms with Gasteiger partial charge in [-0.05, 0) is 31.9 Å². The minimum Gasteiger partial charge on any atom is -1.00 e. The van der Waals surface area contributed by atoms with Crippen LogP contribution in [0.1, 0.15) is 30.5 Å². The molecule has 4 heteroatoms. The number of hydroxylamine groups is 2. The number of rotatable bonds is 4. The number of carbonyl (C=O) groups is 1. The molecule has 1 atom stereocenters. The van der Waals surface area contributed by atoms with Crippen LogP contribution in [0.15, 0.2) is 18.2 Å². The summed E-state index contributed by atoms with van der Waals surface area (Å²) >= 11 is 0. The fourth-order valence-corrected chi connectivity index (χ4v) is 1.65. The van der Waals surface area contributed by atoms with E-state index in [1.807, 2.05) is 13.0 Å². The maximum Gasteiger partial charge on any atom is 0.363 e. The van der Waals surface area contributed by atoms with Gasteiger partial charge in [0.15, 0.2) is 0 Å². The first-order valence-electron chi connectivity index (χ1n) is 5.62. The molecule has 17 heavy (non-hydrogen) atoms. The van der Waals surface area contributed by atoms with E-state index in [-0.39, 0.29) is 23.0 Å². The Kier molecular flexibility index (Phi) is 7.07. The smallest absolute Gasteiger partial charge is 0.363 e. The van der Waals surface area contributed by atoms with Crippen LogP contribution in [-0.2, 0) is 16.2 Å². The fourth-order valence-electron chi connectivity index (χ4n) is 1.65. The number of benzene rings is 1. The second-order valence-electron chi connectivity index (χ2n) is 4.02. The van der Waals surface area contributed by atoms with Crippen LogP contribution >= 0.6 is 0 Å². The van der Waals surface area contributed by atoms with Gasteiger partial charge in [0, 0.05) is 12.5 Å². The van der Waals surface area contributed by atoms with E-state index in [2.05, 4.69) is 26.0 Å². The standard InChI is InChI=1S/C13H19NO2.BrH/c1-5-14(16-12(4)15)9-13-8-6-7-10(2)11(13)3;/h6-8H,5,9H2,1-4H3;1H. The molecule has 0 spiro atoms. The highest BCUT2D eigenvalue weighted by Crippen LogP contribution is 2.11. The summed E-state index contributed by atoms with van der Waals surface area (Å²) in [5, 5.41) is 0.834. The molecular formula is C13H20BrNO2. The van der Waals surface area contributed by atoms with Crippen LogP contribution in [0.2, 0.25) is 0 Å². The van der Waals surface area contributed by atoms with Gasteiger partial charge in [0.25, 0.3) is 0 Å². The highest BCUT2D eigenvalue weighted by molar-refractivity contribution is 5.64. The van der Waals surface area contributed by atoms with Gasteiger partial charge in [0.05, 0.1) is 0 Å². The number of hydrogen-bond donors (Lipinski definition) is 1. The van der Waals surface area contributed by atoms with E-state index in [0.29, 0.717) is 0 Å². The Hall–Kier alpha value is -0.870. The quantitative estimate of drug-likeness (QED) is 0.665. The lowest BCUT2D eigenvalue weighted by Gasteiger charge is -2.16. The van der Waals surface area contributed by atoms with Gasteiger partial charge in [-0.1, -0.05) is 18.2 Å². The van der Waals surface area contributed by atoms with E-state index in [1.54, 1.807) is 0 Å². The minimum absolute atomic E-state index is 0. The van der Waals surface area contributed by atoms with Gasteiger partial charge in [-0.3, -0.25) is 4.84 Å². The summed E-state index contributed by atoms with van der Waals surface area (Å²) in [7, 11) is 0. The molecule has 1 aromatic carbocycles. The monoisotopic (exact) mass is 301 g/mol. The number of halogens is 1. The number of carbonyl (C=O) groups excluding carboxylic acids is 1. The van der Waals surface area contributed by atoms with Gasteiger partial charge in [-0.2, -0.15) is 0 Å². The first-order valence-corrected chi connectivity index (χ1v) is 5.62. The molecule has 1 aromatic rings. The van der Waals surface area contributed by atoms with Crippen molar-refractivity contribution in [2.75, 3.05) is 6.54 Å². The minimum atomic E-state index is -0.234. The van der Waals surface area contributed by atoms with Crippen molar-refractivity contribution in [1.82, 2.24) is 0 Å². The van der Waals surface area contributed by atoms with Gasteiger partial charge < -0.3 is 17.0 Å². The van der Waals surface area contributed by atoms with Gasteiger partial charge in [-0.25, -0.2) is 4.79 Å².